The molecule has 38 heavy (non-hydrogen) atoms. The van der Waals surface area contributed by atoms with Crippen LogP contribution in [0, 0.1) is 11.8 Å². The van der Waals surface area contributed by atoms with Gasteiger partial charge in [0.1, 0.15) is 5.75 Å². The van der Waals surface area contributed by atoms with Gasteiger partial charge in [0.05, 0.1) is 6.61 Å². The van der Waals surface area contributed by atoms with Gasteiger partial charge in [0.15, 0.2) is 0 Å². The number of hydrogen-bond donors (Lipinski definition) is 1. The summed E-state index contributed by atoms with van der Waals surface area (Å²) in [5, 5.41) is 9.05. The summed E-state index contributed by atoms with van der Waals surface area (Å²) >= 11 is 3.85. The van der Waals surface area contributed by atoms with E-state index in [4.69, 9.17) is 9.84 Å². The highest BCUT2D eigenvalue weighted by atomic mass is 79.9. The molecule has 2 atom stereocenters. The largest absolute Gasteiger partial charge is 0.494 e. The van der Waals surface area contributed by atoms with E-state index in [1.54, 1.807) is 0 Å². The minimum atomic E-state index is 0.0395. The fourth-order valence-corrected chi connectivity index (χ4v) is 7.05. The van der Waals surface area contributed by atoms with Crippen molar-refractivity contribution in [3.8, 4) is 16.9 Å². The number of aliphatic hydroxyl groups excluding tert-OH is 1. The molecule has 0 saturated carbocycles. The van der Waals surface area contributed by atoms with Crippen LogP contribution in [0.4, 0.5) is 0 Å². The maximum Gasteiger partial charge on any atom is 0.119 e. The number of hydrogen-bond acceptors (Lipinski definition) is 2. The van der Waals surface area contributed by atoms with Gasteiger partial charge in [0, 0.05) is 16.5 Å². The summed E-state index contributed by atoms with van der Waals surface area (Å²) < 4.78 is 7.54. The van der Waals surface area contributed by atoms with Crippen LogP contribution in [0.15, 0.2) is 40.9 Å². The maximum absolute atomic E-state index is 9.05. The SMILES string of the molecule is CCCCC(CC)CC1(CC(CC)CCCC)c2cc(Br)ccc2-c2ccc(OCCCCCCO)cc21. The first-order chi connectivity index (χ1) is 18.5. The number of halogens is 1. The molecule has 0 amide bonds. The molecule has 3 rings (SSSR count). The molecule has 2 aromatic rings. The average Bonchev–Trinajstić information content (AvgIpc) is 3.18. The van der Waals surface area contributed by atoms with Gasteiger partial charge in [-0.3, -0.25) is 0 Å². The molecule has 0 heterocycles. The summed E-state index contributed by atoms with van der Waals surface area (Å²) in [5.41, 5.74) is 5.92. The molecule has 0 fully saturated rings. The van der Waals surface area contributed by atoms with E-state index in [9.17, 15) is 0 Å². The molecule has 1 N–H and O–H groups in total. The predicted octanol–water partition coefficient (Wildman–Crippen LogP) is 10.9. The average molecular weight is 586 g/mol. The highest BCUT2D eigenvalue weighted by Crippen LogP contribution is 2.57. The molecule has 0 aliphatic heterocycles. The lowest BCUT2D eigenvalue weighted by molar-refractivity contribution is 0.263. The van der Waals surface area contributed by atoms with E-state index in [0.717, 1.165) is 49.9 Å². The standard InChI is InChI=1S/C35H53BrO2/c1-5-9-15-27(7-3)25-35(26-28(8-4)16-10-6-2)33-23-29(36)17-19-31(33)32-20-18-30(24-34(32)35)38-22-14-12-11-13-21-37/h17-20,23-24,27-28,37H,5-16,21-22,25-26H2,1-4H3. The van der Waals surface area contributed by atoms with E-state index in [-0.39, 0.29) is 5.41 Å². The lowest BCUT2D eigenvalue weighted by atomic mass is 9.65. The molecule has 0 radical (unpaired) electrons. The minimum absolute atomic E-state index is 0.0395. The number of unbranched alkanes of at least 4 members (excludes halogenated alkanes) is 5. The van der Waals surface area contributed by atoms with E-state index in [1.165, 1.54) is 90.9 Å². The van der Waals surface area contributed by atoms with E-state index >= 15 is 0 Å². The molecule has 212 valence electrons. The van der Waals surface area contributed by atoms with Crippen LogP contribution in [0.25, 0.3) is 11.1 Å². The van der Waals surface area contributed by atoms with Crippen LogP contribution in [0.5, 0.6) is 5.75 Å². The Balaban J connectivity index is 2.03. The molecule has 2 aromatic carbocycles. The molecule has 3 heteroatoms. The fourth-order valence-electron chi connectivity index (χ4n) is 6.69. The Morgan fingerprint density at radius 3 is 1.89 bits per heavy atom. The van der Waals surface area contributed by atoms with Gasteiger partial charge in [0.2, 0.25) is 0 Å². The number of fused-ring (bicyclic) bond motifs is 3. The third kappa shape index (κ3) is 7.87. The van der Waals surface area contributed by atoms with Crippen molar-refractivity contribution in [3.63, 3.8) is 0 Å². The second-order valence-corrected chi connectivity index (χ2v) is 12.6. The van der Waals surface area contributed by atoms with Gasteiger partial charge in [0.25, 0.3) is 0 Å². The third-order valence-electron chi connectivity index (χ3n) is 8.98. The Morgan fingerprint density at radius 2 is 1.32 bits per heavy atom. The molecule has 1 aliphatic carbocycles. The Labute approximate surface area is 242 Å². The Bertz CT molecular complexity index is 950. The number of rotatable bonds is 19. The van der Waals surface area contributed by atoms with E-state index < -0.39 is 0 Å². The van der Waals surface area contributed by atoms with Crippen molar-refractivity contribution < 1.29 is 9.84 Å². The van der Waals surface area contributed by atoms with E-state index in [0.29, 0.717) is 6.61 Å². The lowest BCUT2D eigenvalue weighted by Crippen LogP contribution is -2.31. The summed E-state index contributed by atoms with van der Waals surface area (Å²) in [5.74, 6) is 2.48. The van der Waals surface area contributed by atoms with Crippen LogP contribution in [-0.4, -0.2) is 18.3 Å². The van der Waals surface area contributed by atoms with Gasteiger partial charge in [-0.1, -0.05) is 114 Å². The van der Waals surface area contributed by atoms with Gasteiger partial charge in [-0.15, -0.1) is 0 Å². The highest BCUT2D eigenvalue weighted by Gasteiger charge is 2.45. The van der Waals surface area contributed by atoms with Gasteiger partial charge < -0.3 is 9.84 Å². The number of ether oxygens (including phenoxy) is 1. The van der Waals surface area contributed by atoms with Crippen LogP contribution >= 0.6 is 15.9 Å². The second kappa shape index (κ2) is 16.1. The quantitative estimate of drug-likeness (QED) is 0.166. The summed E-state index contributed by atoms with van der Waals surface area (Å²) in [4.78, 5) is 0. The fraction of sp³-hybridized carbons (Fsp3) is 0.657. The number of benzene rings is 2. The van der Waals surface area contributed by atoms with E-state index in [1.807, 2.05) is 0 Å². The van der Waals surface area contributed by atoms with E-state index in [2.05, 4.69) is 80.0 Å². The van der Waals surface area contributed by atoms with Gasteiger partial charge in [-0.2, -0.15) is 0 Å². The molecule has 2 nitrogen and oxygen atoms in total. The molecule has 0 spiro atoms. The summed E-state index contributed by atoms with van der Waals surface area (Å²) in [6.07, 6.45) is 16.9. The van der Waals surface area contributed by atoms with Crippen molar-refractivity contribution in [2.24, 2.45) is 11.8 Å². The minimum Gasteiger partial charge on any atom is -0.494 e. The van der Waals surface area contributed by atoms with Crippen molar-refractivity contribution in [2.45, 2.75) is 123 Å². The Hall–Kier alpha value is -1.32. The van der Waals surface area contributed by atoms with Crippen molar-refractivity contribution >= 4 is 15.9 Å². The van der Waals surface area contributed by atoms with Crippen LogP contribution in [-0.2, 0) is 5.41 Å². The topological polar surface area (TPSA) is 29.5 Å². The normalized spacial score (nSPS) is 17.7. The molecular formula is C35H53BrO2. The van der Waals surface area contributed by atoms with Crippen LogP contribution in [0.3, 0.4) is 0 Å². The smallest absolute Gasteiger partial charge is 0.119 e. The summed E-state index contributed by atoms with van der Waals surface area (Å²) in [6.45, 7) is 10.5. The lowest BCUT2D eigenvalue weighted by Gasteiger charge is -2.39. The van der Waals surface area contributed by atoms with Gasteiger partial charge >= 0.3 is 0 Å². The summed E-state index contributed by atoms with van der Waals surface area (Å²) in [7, 11) is 0. The Morgan fingerprint density at radius 1 is 0.737 bits per heavy atom. The zero-order chi connectivity index (χ0) is 27.4. The van der Waals surface area contributed by atoms with Crippen molar-refractivity contribution in [1.82, 2.24) is 0 Å². The third-order valence-corrected chi connectivity index (χ3v) is 9.47. The molecule has 0 bridgehead atoms. The van der Waals surface area contributed by atoms with Gasteiger partial charge in [-0.25, -0.2) is 0 Å². The molecule has 0 saturated heterocycles. The van der Waals surface area contributed by atoms with Crippen molar-refractivity contribution in [2.75, 3.05) is 13.2 Å². The van der Waals surface area contributed by atoms with Gasteiger partial charge in [-0.05, 0) is 90.5 Å². The summed E-state index contributed by atoms with van der Waals surface area (Å²) in [6, 6.07) is 14.0. The molecular weight excluding hydrogens is 532 g/mol. The number of aliphatic hydroxyl groups is 1. The maximum atomic E-state index is 9.05. The first-order valence-electron chi connectivity index (χ1n) is 15.7. The first kappa shape index (κ1) is 31.2. The second-order valence-electron chi connectivity index (χ2n) is 11.7. The Kier molecular flexibility index (Phi) is 13.2. The van der Waals surface area contributed by atoms with Crippen LogP contribution in [0.1, 0.15) is 129 Å². The van der Waals surface area contributed by atoms with Crippen molar-refractivity contribution in [1.29, 1.82) is 0 Å². The highest BCUT2D eigenvalue weighted by molar-refractivity contribution is 9.10. The monoisotopic (exact) mass is 584 g/mol. The molecule has 2 unspecified atom stereocenters. The molecule has 1 aliphatic rings. The van der Waals surface area contributed by atoms with Crippen molar-refractivity contribution in [3.05, 3.63) is 52.0 Å². The first-order valence-corrected chi connectivity index (χ1v) is 16.5. The molecule has 0 aromatic heterocycles. The predicted molar refractivity (Wildman–Crippen MR) is 167 cm³/mol. The van der Waals surface area contributed by atoms with Crippen LogP contribution < -0.4 is 4.74 Å². The van der Waals surface area contributed by atoms with Crippen LogP contribution in [0.2, 0.25) is 0 Å². The zero-order valence-corrected chi connectivity index (χ0v) is 26.3. The zero-order valence-electron chi connectivity index (χ0n) is 24.7.